The molecule has 0 atom stereocenters. The van der Waals surface area contributed by atoms with Gasteiger partial charge in [0.1, 0.15) is 16.4 Å². The number of sulfonamides is 1. The van der Waals surface area contributed by atoms with E-state index in [9.17, 15) is 17.6 Å². The highest BCUT2D eigenvalue weighted by Gasteiger charge is 2.19. The molecule has 3 N–H and O–H groups in total. The van der Waals surface area contributed by atoms with Crippen LogP contribution in [-0.2, 0) is 10.0 Å². The van der Waals surface area contributed by atoms with Gasteiger partial charge in [-0.15, -0.1) is 0 Å². The minimum Gasteiger partial charge on any atom is -0.477 e. The van der Waals surface area contributed by atoms with E-state index in [1.807, 2.05) is 0 Å². The van der Waals surface area contributed by atoms with Gasteiger partial charge in [0.05, 0.1) is 5.69 Å². The largest absolute Gasteiger partial charge is 0.477 e. The number of rotatable bonds is 4. The maximum Gasteiger partial charge on any atom is 0.352 e. The Kier molecular flexibility index (Phi) is 3.82. The first-order valence-corrected chi connectivity index (χ1v) is 7.47. The van der Waals surface area contributed by atoms with Crippen LogP contribution in [0.3, 0.4) is 0 Å². The van der Waals surface area contributed by atoms with Crippen molar-refractivity contribution < 1.29 is 22.7 Å². The topological polar surface area (TPSA) is 99.3 Å². The second-order valence-corrected chi connectivity index (χ2v) is 6.32. The van der Waals surface area contributed by atoms with Gasteiger partial charge in [-0.2, -0.15) is 0 Å². The van der Waals surface area contributed by atoms with Gasteiger partial charge in [-0.25, -0.2) is 17.6 Å². The van der Waals surface area contributed by atoms with E-state index in [0.717, 1.165) is 24.4 Å². The zero-order valence-corrected chi connectivity index (χ0v) is 12.1. The van der Waals surface area contributed by atoms with Crippen molar-refractivity contribution in [2.45, 2.75) is 4.90 Å². The lowest BCUT2D eigenvalue weighted by molar-refractivity contribution is 0.0691. The molecule has 1 aromatic carbocycles. The van der Waals surface area contributed by atoms with Crippen molar-refractivity contribution in [2.75, 3.05) is 4.72 Å². The smallest absolute Gasteiger partial charge is 0.352 e. The fraction of sp³-hybridized carbons (Fsp3) is 0. The molecule has 0 saturated heterocycles. The molecule has 2 rings (SSSR count). The Morgan fingerprint density at radius 3 is 2.60 bits per heavy atom. The number of H-pyrrole nitrogens is 1. The Morgan fingerprint density at radius 2 is 2.05 bits per heavy atom. The van der Waals surface area contributed by atoms with E-state index in [2.05, 4.69) is 25.6 Å². The van der Waals surface area contributed by atoms with Crippen molar-refractivity contribution in [1.29, 1.82) is 0 Å². The first-order chi connectivity index (χ1) is 9.29. The van der Waals surface area contributed by atoms with Gasteiger partial charge in [0.15, 0.2) is 0 Å². The number of carboxylic acid groups (broad SMARTS) is 1. The van der Waals surface area contributed by atoms with Crippen LogP contribution < -0.4 is 4.72 Å². The number of nitrogens with one attached hydrogen (secondary N) is 2. The van der Waals surface area contributed by atoms with Crippen LogP contribution in [0.4, 0.5) is 10.1 Å². The molecular formula is C11H8BrFN2O4S. The molecule has 0 saturated carbocycles. The van der Waals surface area contributed by atoms with Crippen LogP contribution in [0.15, 0.2) is 39.8 Å². The summed E-state index contributed by atoms with van der Waals surface area (Å²) >= 11 is 3.03. The summed E-state index contributed by atoms with van der Waals surface area (Å²) in [5, 5.41) is 8.73. The third-order valence-corrected chi connectivity index (χ3v) is 4.37. The van der Waals surface area contributed by atoms with Crippen molar-refractivity contribution in [2.24, 2.45) is 0 Å². The summed E-state index contributed by atoms with van der Waals surface area (Å²) in [7, 11) is -3.96. The molecule has 0 radical (unpaired) electrons. The highest BCUT2D eigenvalue weighted by molar-refractivity contribution is 9.10. The quantitative estimate of drug-likeness (QED) is 0.777. The number of anilines is 1. The fourth-order valence-corrected chi connectivity index (χ4v) is 3.08. The number of aromatic nitrogens is 1. The van der Waals surface area contributed by atoms with E-state index in [1.165, 1.54) is 6.07 Å². The number of hydrogen-bond donors (Lipinski definition) is 3. The van der Waals surface area contributed by atoms with Gasteiger partial charge in [-0.1, -0.05) is 0 Å². The van der Waals surface area contributed by atoms with Crippen LogP contribution in [0.1, 0.15) is 10.5 Å². The molecular weight excluding hydrogens is 355 g/mol. The first kappa shape index (κ1) is 14.5. The Morgan fingerprint density at radius 1 is 1.35 bits per heavy atom. The molecule has 0 fully saturated rings. The molecule has 9 heteroatoms. The number of carboxylic acids is 1. The molecule has 1 aromatic heterocycles. The van der Waals surface area contributed by atoms with Gasteiger partial charge in [0.25, 0.3) is 10.0 Å². The molecule has 20 heavy (non-hydrogen) atoms. The summed E-state index contributed by atoms with van der Waals surface area (Å²) in [6.07, 6.45) is 1.06. The Bertz CT molecular complexity index is 772. The van der Waals surface area contributed by atoms with Crippen LogP contribution in [0.5, 0.6) is 0 Å². The van der Waals surface area contributed by atoms with Crippen molar-refractivity contribution in [1.82, 2.24) is 4.98 Å². The fourth-order valence-electron chi connectivity index (χ4n) is 1.43. The van der Waals surface area contributed by atoms with E-state index in [0.29, 0.717) is 0 Å². The molecule has 2 aromatic rings. The lowest BCUT2D eigenvalue weighted by Crippen LogP contribution is -2.12. The maximum absolute atomic E-state index is 12.9. The normalized spacial score (nSPS) is 11.3. The summed E-state index contributed by atoms with van der Waals surface area (Å²) in [6.45, 7) is 0. The van der Waals surface area contributed by atoms with Gasteiger partial charge < -0.3 is 10.1 Å². The highest BCUT2D eigenvalue weighted by atomic mass is 79.9. The lowest BCUT2D eigenvalue weighted by atomic mass is 10.3. The summed E-state index contributed by atoms with van der Waals surface area (Å²) in [5.74, 6) is -1.79. The SMILES string of the molecule is O=C(O)c1cc(S(=O)(=O)Nc2ccc(F)cc2Br)c[nH]1. The average Bonchev–Trinajstić information content (AvgIpc) is 2.83. The predicted octanol–water partition coefficient (Wildman–Crippen LogP) is 2.42. The summed E-state index contributed by atoms with van der Waals surface area (Å²) in [4.78, 5) is 12.8. The van der Waals surface area contributed by atoms with E-state index < -0.39 is 21.8 Å². The number of aromatic carboxylic acids is 1. The number of aromatic amines is 1. The molecule has 0 bridgehead atoms. The second-order valence-electron chi connectivity index (χ2n) is 3.78. The molecule has 0 unspecified atom stereocenters. The molecule has 6 nitrogen and oxygen atoms in total. The second kappa shape index (κ2) is 5.25. The van der Waals surface area contributed by atoms with Crippen molar-refractivity contribution >= 4 is 37.6 Å². The molecule has 1 heterocycles. The van der Waals surface area contributed by atoms with Crippen LogP contribution >= 0.6 is 15.9 Å². The van der Waals surface area contributed by atoms with Crippen LogP contribution in [0.25, 0.3) is 0 Å². The van der Waals surface area contributed by atoms with Gasteiger partial charge in [-0.05, 0) is 40.2 Å². The Labute approximate surface area is 121 Å². The molecule has 0 spiro atoms. The summed E-state index contributed by atoms with van der Waals surface area (Å²) < 4.78 is 39.4. The molecule has 0 amide bonds. The monoisotopic (exact) mass is 362 g/mol. The summed E-state index contributed by atoms with van der Waals surface area (Å²) in [6, 6.07) is 4.45. The van der Waals surface area contributed by atoms with Crippen molar-refractivity contribution in [3.63, 3.8) is 0 Å². The Hall–Kier alpha value is -1.87. The minimum atomic E-state index is -3.96. The number of halogens is 2. The Balaban J connectivity index is 2.33. The zero-order chi connectivity index (χ0) is 14.9. The number of carbonyl (C=O) groups is 1. The van der Waals surface area contributed by atoms with Gasteiger partial charge in [0, 0.05) is 10.7 Å². The van der Waals surface area contributed by atoms with Crippen molar-refractivity contribution in [3.8, 4) is 0 Å². The van der Waals surface area contributed by atoms with Gasteiger partial charge in [0.2, 0.25) is 0 Å². The zero-order valence-electron chi connectivity index (χ0n) is 9.72. The van der Waals surface area contributed by atoms with E-state index in [1.54, 1.807) is 0 Å². The van der Waals surface area contributed by atoms with Gasteiger partial charge >= 0.3 is 5.97 Å². The molecule has 0 aliphatic rings. The lowest BCUT2D eigenvalue weighted by Gasteiger charge is -2.08. The van der Waals surface area contributed by atoms with Crippen LogP contribution in [0, 0.1) is 5.82 Å². The third kappa shape index (κ3) is 2.99. The maximum atomic E-state index is 12.9. The predicted molar refractivity (Wildman–Crippen MR) is 72.7 cm³/mol. The highest BCUT2D eigenvalue weighted by Crippen LogP contribution is 2.26. The van der Waals surface area contributed by atoms with E-state index >= 15 is 0 Å². The summed E-state index contributed by atoms with van der Waals surface area (Å²) in [5.41, 5.74) is -0.104. The standard InChI is InChI=1S/C11H8BrFN2O4S/c12-8-3-6(13)1-2-9(8)15-20(18,19)7-4-10(11(16)17)14-5-7/h1-5,14-15H,(H,16,17). The first-order valence-electron chi connectivity index (χ1n) is 5.19. The van der Waals surface area contributed by atoms with Gasteiger partial charge in [-0.3, -0.25) is 4.72 Å². The van der Waals surface area contributed by atoms with Crippen molar-refractivity contribution in [3.05, 3.63) is 46.4 Å². The van der Waals surface area contributed by atoms with E-state index in [-0.39, 0.29) is 20.7 Å². The minimum absolute atomic E-state index is 0.143. The number of benzene rings is 1. The van der Waals surface area contributed by atoms with E-state index in [4.69, 9.17) is 5.11 Å². The van der Waals surface area contributed by atoms with Crippen LogP contribution in [0.2, 0.25) is 0 Å². The number of hydrogen-bond acceptors (Lipinski definition) is 3. The third-order valence-electron chi connectivity index (χ3n) is 2.37. The molecule has 106 valence electrons. The average molecular weight is 363 g/mol. The molecule has 0 aliphatic heterocycles. The molecule has 0 aliphatic carbocycles. The van der Waals surface area contributed by atoms with Crippen LogP contribution in [-0.4, -0.2) is 24.5 Å².